The third-order valence-electron chi connectivity index (χ3n) is 9.35. The van der Waals surface area contributed by atoms with Crippen molar-refractivity contribution in [2.24, 2.45) is 0 Å². The Bertz CT molecular complexity index is 2670. The van der Waals surface area contributed by atoms with E-state index in [1.165, 1.54) is 11.1 Å². The van der Waals surface area contributed by atoms with E-state index >= 15 is 0 Å². The van der Waals surface area contributed by atoms with E-state index in [1.54, 1.807) is 22.7 Å². The van der Waals surface area contributed by atoms with Crippen LogP contribution >= 0.6 is 54.5 Å². The van der Waals surface area contributed by atoms with Gasteiger partial charge in [-0.25, -0.2) is 0 Å². The van der Waals surface area contributed by atoms with Crippen molar-refractivity contribution in [2.45, 2.75) is 52.4 Å². The summed E-state index contributed by atoms with van der Waals surface area (Å²) in [4.78, 5) is 4.09. The lowest BCUT2D eigenvalue weighted by Crippen LogP contribution is -2.10. The zero-order valence-corrected chi connectivity index (χ0v) is 37.4. The van der Waals surface area contributed by atoms with Crippen molar-refractivity contribution in [1.82, 2.24) is 20.4 Å². The number of nitrogens with zero attached hydrogens (tertiary/aromatic N) is 4. The van der Waals surface area contributed by atoms with Gasteiger partial charge in [0.1, 0.15) is 0 Å². The van der Waals surface area contributed by atoms with E-state index < -0.39 is 0 Å². The van der Waals surface area contributed by atoms with Gasteiger partial charge in [-0.05, 0) is 139 Å². The van der Waals surface area contributed by atoms with Crippen LogP contribution in [0, 0.1) is 23.7 Å². The second kappa shape index (κ2) is 16.1. The minimum Gasteiger partial charge on any atom is -0.416 e. The Labute approximate surface area is 363 Å². The summed E-state index contributed by atoms with van der Waals surface area (Å²) < 4.78 is 14.0. The smallest absolute Gasteiger partial charge is 0.248 e. The molecule has 4 heterocycles. The summed E-state index contributed by atoms with van der Waals surface area (Å²) in [6, 6.07) is 36.4. The molecule has 0 aliphatic heterocycles. The second-order valence-electron chi connectivity index (χ2n) is 15.7. The van der Waals surface area contributed by atoms with Crippen molar-refractivity contribution in [2.75, 3.05) is 0 Å². The first-order valence-corrected chi connectivity index (χ1v) is 21.7. The quantitative estimate of drug-likeness (QED) is 0.160. The predicted molar refractivity (Wildman–Crippen MR) is 243 cm³/mol. The van der Waals surface area contributed by atoms with Crippen molar-refractivity contribution in [1.29, 1.82) is 0 Å². The highest BCUT2D eigenvalue weighted by molar-refractivity contribution is 9.11. The highest BCUT2D eigenvalue weighted by atomic mass is 79.9. The molecule has 10 heteroatoms. The van der Waals surface area contributed by atoms with Crippen molar-refractivity contribution in [3.8, 4) is 79.3 Å². The molecule has 0 spiro atoms. The van der Waals surface area contributed by atoms with E-state index in [-0.39, 0.29) is 10.8 Å². The van der Waals surface area contributed by atoms with Crippen LogP contribution in [0.5, 0.6) is 0 Å². The molecule has 0 amide bonds. The number of thiophene rings is 2. The second-order valence-corrected chi connectivity index (χ2v) is 19.5. The summed E-state index contributed by atoms with van der Waals surface area (Å²) >= 11 is 10.8. The molecule has 4 aromatic carbocycles. The fraction of sp³-hybridized carbons (Fsp3) is 0.167. The first-order chi connectivity index (χ1) is 27.8. The molecule has 0 fully saturated rings. The number of aromatic nitrogens is 4. The van der Waals surface area contributed by atoms with Crippen molar-refractivity contribution < 1.29 is 8.83 Å². The van der Waals surface area contributed by atoms with Crippen molar-refractivity contribution in [3.05, 3.63) is 150 Å². The van der Waals surface area contributed by atoms with E-state index in [2.05, 4.69) is 154 Å². The molecule has 0 N–H and O–H groups in total. The first-order valence-electron chi connectivity index (χ1n) is 18.5. The topological polar surface area (TPSA) is 77.8 Å². The van der Waals surface area contributed by atoms with Crippen LogP contribution in [0.4, 0.5) is 0 Å². The molecule has 286 valence electrons. The van der Waals surface area contributed by atoms with Crippen LogP contribution in [-0.2, 0) is 10.8 Å². The highest BCUT2D eigenvalue weighted by Crippen LogP contribution is 2.44. The number of benzene rings is 4. The third-order valence-corrected chi connectivity index (χ3v) is 13.4. The van der Waals surface area contributed by atoms with Crippen molar-refractivity contribution in [3.63, 3.8) is 0 Å². The fourth-order valence-corrected chi connectivity index (χ4v) is 9.84. The van der Waals surface area contributed by atoms with Crippen LogP contribution in [0.3, 0.4) is 0 Å². The van der Waals surface area contributed by atoms with Crippen LogP contribution in [0.25, 0.3) is 55.6 Å². The van der Waals surface area contributed by atoms with Gasteiger partial charge >= 0.3 is 0 Å². The van der Waals surface area contributed by atoms with Crippen LogP contribution in [-0.4, -0.2) is 20.4 Å². The van der Waals surface area contributed by atoms with Gasteiger partial charge in [0, 0.05) is 42.3 Å². The Kier molecular flexibility index (Phi) is 11.0. The molecule has 0 atom stereocenters. The summed E-state index contributed by atoms with van der Waals surface area (Å²) in [5.41, 5.74) is 7.91. The lowest BCUT2D eigenvalue weighted by atomic mass is 9.87. The third kappa shape index (κ3) is 8.87. The molecule has 0 bridgehead atoms. The lowest BCUT2D eigenvalue weighted by molar-refractivity contribution is 0.582. The maximum absolute atomic E-state index is 6.02. The van der Waals surface area contributed by atoms with Gasteiger partial charge in [-0.3, -0.25) is 0 Å². The summed E-state index contributed by atoms with van der Waals surface area (Å²) in [5.74, 6) is 15.2. The number of halogens is 2. The van der Waals surface area contributed by atoms with Gasteiger partial charge in [0.25, 0.3) is 0 Å². The number of hydrogen-bond donors (Lipinski definition) is 0. The fourth-order valence-electron chi connectivity index (χ4n) is 5.97. The molecule has 8 rings (SSSR count). The summed E-state index contributed by atoms with van der Waals surface area (Å²) in [5, 5.41) is 17.1. The zero-order valence-electron chi connectivity index (χ0n) is 32.6. The normalized spacial score (nSPS) is 11.5. The molecule has 0 radical (unpaired) electrons. The Hall–Kier alpha value is -5.36. The molecule has 8 aromatic rings. The van der Waals surface area contributed by atoms with E-state index in [4.69, 9.17) is 8.83 Å². The Balaban J connectivity index is 0.911. The molecule has 0 saturated carbocycles. The van der Waals surface area contributed by atoms with Crippen LogP contribution < -0.4 is 0 Å². The average Bonchev–Trinajstić information content (AvgIpc) is 4.04. The maximum atomic E-state index is 6.02. The minimum absolute atomic E-state index is 0.0789. The summed E-state index contributed by atoms with van der Waals surface area (Å²) in [6.07, 6.45) is 0. The van der Waals surface area contributed by atoms with Crippen LogP contribution in [0.2, 0.25) is 0 Å². The van der Waals surface area contributed by atoms with E-state index in [0.717, 1.165) is 61.8 Å². The molecular weight excluding hydrogens is 888 g/mol. The maximum Gasteiger partial charge on any atom is 0.248 e. The van der Waals surface area contributed by atoms with E-state index in [0.29, 0.717) is 23.6 Å². The van der Waals surface area contributed by atoms with Gasteiger partial charge in [0.05, 0.1) is 19.5 Å². The minimum atomic E-state index is 0.0789. The largest absolute Gasteiger partial charge is 0.416 e. The van der Waals surface area contributed by atoms with E-state index in [1.807, 2.05) is 72.8 Å². The zero-order chi connectivity index (χ0) is 40.6. The van der Waals surface area contributed by atoms with Crippen LogP contribution in [0.1, 0.15) is 73.6 Å². The number of hydrogen-bond acceptors (Lipinski definition) is 8. The molecule has 0 aliphatic rings. The molecule has 0 unspecified atom stereocenters. The number of rotatable bonds is 5. The van der Waals surface area contributed by atoms with Gasteiger partial charge in [0.2, 0.25) is 23.6 Å². The summed E-state index contributed by atoms with van der Waals surface area (Å²) in [6.45, 7) is 13.2. The van der Waals surface area contributed by atoms with Gasteiger partial charge < -0.3 is 8.83 Å². The molecular formula is C48H36Br2N4O2S2. The van der Waals surface area contributed by atoms with E-state index in [9.17, 15) is 0 Å². The van der Waals surface area contributed by atoms with Crippen molar-refractivity contribution >= 4 is 54.5 Å². The Morgan fingerprint density at radius 2 is 0.724 bits per heavy atom. The lowest BCUT2D eigenvalue weighted by Gasteiger charge is -2.18. The Morgan fingerprint density at radius 1 is 0.431 bits per heavy atom. The standard InChI is InChI=1S/C48H36Br2N4O2S2/c1-47(2,3)35-21-17-33(18-22-35)45-53-51-43(55-45)31-13-7-29(8-14-31)11-25-37-27-39(49)41(57-37)42-40(50)28-38(58-42)26-12-30-9-15-32(16-10-30)44-52-54-46(56-44)34-19-23-36(24-20-34)48(4,5)6/h7-10,13-24,27-28H,1-6H3. The SMILES string of the molecule is CC(C)(C)c1ccc(-c2nnc(-c3ccc(C#Cc4cc(Br)c(-c5sc(C#Cc6ccc(-c7nnc(-c8ccc(C(C)(C)C)cc8)o7)cc6)cc5Br)s4)cc3)o2)cc1. The van der Waals surface area contributed by atoms with Gasteiger partial charge in [0.15, 0.2) is 0 Å². The Morgan fingerprint density at radius 3 is 1.02 bits per heavy atom. The monoisotopic (exact) mass is 922 g/mol. The molecule has 0 saturated heterocycles. The van der Waals surface area contributed by atoms with Gasteiger partial charge in [-0.15, -0.1) is 43.1 Å². The first kappa shape index (κ1) is 39.5. The van der Waals surface area contributed by atoms with Gasteiger partial charge in [-0.1, -0.05) is 89.5 Å². The highest BCUT2D eigenvalue weighted by Gasteiger charge is 2.18. The van der Waals surface area contributed by atoms with Crippen LogP contribution in [0.15, 0.2) is 127 Å². The van der Waals surface area contributed by atoms with Gasteiger partial charge in [-0.2, -0.15) is 0 Å². The predicted octanol–water partition coefficient (Wildman–Crippen LogP) is 13.8. The molecule has 4 aromatic heterocycles. The molecule has 58 heavy (non-hydrogen) atoms. The molecule has 0 aliphatic carbocycles. The average molecular weight is 925 g/mol. The molecule has 6 nitrogen and oxygen atoms in total. The summed E-state index contributed by atoms with van der Waals surface area (Å²) in [7, 11) is 0.